The lowest BCUT2D eigenvalue weighted by molar-refractivity contribution is -0.115. The zero-order valence-corrected chi connectivity index (χ0v) is 24.1. The molecule has 6 aromatic rings. The van der Waals surface area contributed by atoms with Crippen LogP contribution >= 0.6 is 0 Å². The van der Waals surface area contributed by atoms with E-state index in [4.69, 9.17) is 10.7 Å². The number of hydrogen-bond donors (Lipinski definition) is 5. The summed E-state index contributed by atoms with van der Waals surface area (Å²) in [5.74, 6) is -1.19. The molecule has 0 fully saturated rings. The number of carbonyl (C=O) groups is 3. The van der Waals surface area contributed by atoms with Crippen molar-refractivity contribution >= 4 is 68.0 Å². The van der Waals surface area contributed by atoms with Gasteiger partial charge in [0.2, 0.25) is 5.91 Å². The van der Waals surface area contributed by atoms with E-state index >= 15 is 0 Å². The quantitative estimate of drug-likeness (QED) is 0.158. The Kier molecular flexibility index (Phi) is 7.42. The summed E-state index contributed by atoms with van der Waals surface area (Å²) in [5, 5.41) is 13.7. The van der Waals surface area contributed by atoms with Gasteiger partial charge in [-0.25, -0.2) is 4.98 Å². The summed E-state index contributed by atoms with van der Waals surface area (Å²) in [6.07, 6.45) is 3.26. The Bertz CT molecular complexity index is 1990. The second kappa shape index (κ2) is 11.6. The molecule has 0 bridgehead atoms. The summed E-state index contributed by atoms with van der Waals surface area (Å²) >= 11 is 0. The van der Waals surface area contributed by atoms with Crippen molar-refractivity contribution in [3.63, 3.8) is 0 Å². The van der Waals surface area contributed by atoms with Gasteiger partial charge in [-0.05, 0) is 48.5 Å². The van der Waals surface area contributed by atoms with Gasteiger partial charge in [-0.15, -0.1) is 0 Å². The lowest BCUT2D eigenvalue weighted by Gasteiger charge is -2.14. The molecule has 3 heterocycles. The van der Waals surface area contributed by atoms with Gasteiger partial charge in [0.15, 0.2) is 0 Å². The maximum absolute atomic E-state index is 12.8. The van der Waals surface area contributed by atoms with Crippen molar-refractivity contribution in [2.24, 2.45) is 14.1 Å². The van der Waals surface area contributed by atoms with Crippen molar-refractivity contribution in [2.75, 3.05) is 28.2 Å². The van der Waals surface area contributed by atoms with E-state index in [0.29, 0.717) is 22.8 Å². The lowest BCUT2D eigenvalue weighted by atomic mass is 10.1. The van der Waals surface area contributed by atoms with Gasteiger partial charge in [-0.2, -0.15) is 0 Å². The van der Waals surface area contributed by atoms with Crippen LogP contribution in [0.25, 0.3) is 21.8 Å². The zero-order chi connectivity index (χ0) is 30.8. The molecule has 6 N–H and O–H groups in total. The first-order valence-electron chi connectivity index (χ1n) is 13.9. The van der Waals surface area contributed by atoms with Crippen LogP contribution in [0.5, 0.6) is 0 Å². The number of nitrogen functional groups attached to an aromatic ring is 1. The van der Waals surface area contributed by atoms with Gasteiger partial charge < -0.3 is 36.1 Å². The van der Waals surface area contributed by atoms with E-state index in [2.05, 4.69) is 21.3 Å². The van der Waals surface area contributed by atoms with Crippen LogP contribution in [0.15, 0.2) is 97.3 Å². The van der Waals surface area contributed by atoms with Crippen molar-refractivity contribution in [1.82, 2.24) is 19.4 Å². The monoisotopic (exact) mass is 586 g/mol. The molecule has 0 unspecified atom stereocenters. The summed E-state index contributed by atoms with van der Waals surface area (Å²) in [7, 11) is 3.40. The number of rotatable bonds is 8. The van der Waals surface area contributed by atoms with Gasteiger partial charge in [-0.3, -0.25) is 14.4 Å². The summed E-state index contributed by atoms with van der Waals surface area (Å²) in [6.45, 7) is -0.233. The molecule has 11 nitrogen and oxygen atoms in total. The third-order valence-electron chi connectivity index (χ3n) is 7.19. The van der Waals surface area contributed by atoms with Crippen LogP contribution in [0.3, 0.4) is 0 Å². The Morgan fingerprint density at radius 2 is 1.30 bits per heavy atom. The number of nitrogens with two attached hydrogens (primary N) is 1. The molecule has 0 spiro atoms. The third kappa shape index (κ3) is 5.79. The van der Waals surface area contributed by atoms with Crippen LogP contribution < -0.4 is 27.0 Å². The number of anilines is 5. The van der Waals surface area contributed by atoms with E-state index in [1.54, 1.807) is 59.9 Å². The molecule has 11 heteroatoms. The van der Waals surface area contributed by atoms with Gasteiger partial charge in [0.05, 0.1) is 34.6 Å². The molecule has 0 saturated heterocycles. The first-order valence-corrected chi connectivity index (χ1v) is 13.9. The fourth-order valence-corrected chi connectivity index (χ4v) is 5.08. The summed E-state index contributed by atoms with van der Waals surface area (Å²) < 4.78 is 3.19. The first-order chi connectivity index (χ1) is 21.2. The van der Waals surface area contributed by atoms with Crippen LogP contribution in [0.4, 0.5) is 28.4 Å². The Hall–Kier alpha value is -6.10. The number of aromatic nitrogens is 3. The normalized spacial score (nSPS) is 11.0. The van der Waals surface area contributed by atoms with Crippen molar-refractivity contribution in [3.05, 3.63) is 109 Å². The highest BCUT2D eigenvalue weighted by atomic mass is 16.2. The van der Waals surface area contributed by atoms with Crippen LogP contribution in [0.1, 0.15) is 21.0 Å². The van der Waals surface area contributed by atoms with Crippen LogP contribution in [0, 0.1) is 0 Å². The third-order valence-corrected chi connectivity index (χ3v) is 7.19. The predicted octanol–water partition coefficient (Wildman–Crippen LogP) is 5.01. The molecule has 0 radical (unpaired) electrons. The SMILES string of the molecule is Cn1cc(NC(=O)c2cc(N)cn2C)cc1C(=O)NCC(=O)Nc1ccc(Nc2c3ccccc3nc3ccccc23)cc1. The summed E-state index contributed by atoms with van der Waals surface area (Å²) in [6, 6.07) is 26.4. The van der Waals surface area contributed by atoms with E-state index in [-0.39, 0.29) is 24.1 Å². The van der Waals surface area contributed by atoms with E-state index in [0.717, 1.165) is 33.2 Å². The Morgan fingerprint density at radius 3 is 1.93 bits per heavy atom. The highest BCUT2D eigenvalue weighted by Crippen LogP contribution is 2.33. The largest absolute Gasteiger partial charge is 0.397 e. The average molecular weight is 587 g/mol. The van der Waals surface area contributed by atoms with Gasteiger partial charge in [0.1, 0.15) is 11.4 Å². The lowest BCUT2D eigenvalue weighted by Crippen LogP contribution is -2.33. The molecule has 220 valence electrons. The Balaban J connectivity index is 1.06. The number of carbonyl (C=O) groups excluding carboxylic acids is 3. The van der Waals surface area contributed by atoms with Crippen molar-refractivity contribution < 1.29 is 14.4 Å². The molecule has 0 aliphatic heterocycles. The number of para-hydroxylation sites is 2. The van der Waals surface area contributed by atoms with E-state index < -0.39 is 5.91 Å². The predicted molar refractivity (Wildman–Crippen MR) is 173 cm³/mol. The van der Waals surface area contributed by atoms with Gasteiger partial charge >= 0.3 is 0 Å². The first kappa shape index (κ1) is 28.0. The molecule has 6 rings (SSSR count). The van der Waals surface area contributed by atoms with Crippen LogP contribution in [0.2, 0.25) is 0 Å². The zero-order valence-electron chi connectivity index (χ0n) is 24.1. The molecule has 0 atom stereocenters. The number of hydrogen-bond acceptors (Lipinski definition) is 6. The summed E-state index contributed by atoms with van der Waals surface area (Å²) in [4.78, 5) is 42.8. The fraction of sp³-hybridized carbons (Fsp3) is 0.0909. The second-order valence-corrected chi connectivity index (χ2v) is 10.4. The standard InChI is InChI=1S/C33H30N8O3/c1-40-18-20(34)15-28(40)33(44)38-23-16-29(41(2)19-23)32(43)35-17-30(42)36-21-11-13-22(14-12-21)37-31-24-7-3-5-9-26(24)39-27-10-6-4-8-25(27)31/h3-16,18-19H,17,34H2,1-2H3,(H,35,43)(H,36,42)(H,37,39)(H,38,44). The van der Waals surface area contributed by atoms with E-state index in [1.807, 2.05) is 60.7 Å². The molecule has 44 heavy (non-hydrogen) atoms. The van der Waals surface area contributed by atoms with Gasteiger partial charge in [-0.1, -0.05) is 36.4 Å². The van der Waals surface area contributed by atoms with E-state index in [1.165, 1.54) is 0 Å². The molecule has 3 aromatic heterocycles. The minimum Gasteiger partial charge on any atom is -0.397 e. The second-order valence-electron chi connectivity index (χ2n) is 10.4. The topological polar surface area (TPSA) is 148 Å². The molecule has 0 aliphatic rings. The van der Waals surface area contributed by atoms with Gasteiger partial charge in [0.25, 0.3) is 11.8 Å². The molecule has 3 amide bonds. The number of nitrogens with one attached hydrogen (secondary N) is 4. The molecular weight excluding hydrogens is 556 g/mol. The maximum Gasteiger partial charge on any atom is 0.272 e. The Morgan fingerprint density at radius 1 is 0.705 bits per heavy atom. The number of amides is 3. The summed E-state index contributed by atoms with van der Waals surface area (Å²) in [5.41, 5.74) is 11.5. The van der Waals surface area contributed by atoms with Crippen LogP contribution in [-0.2, 0) is 18.9 Å². The average Bonchev–Trinajstić information content (AvgIpc) is 3.56. The minimum absolute atomic E-state index is 0.233. The van der Waals surface area contributed by atoms with Crippen molar-refractivity contribution in [3.8, 4) is 0 Å². The minimum atomic E-state index is -0.456. The number of nitrogens with zero attached hydrogens (tertiary/aromatic N) is 3. The van der Waals surface area contributed by atoms with Crippen LogP contribution in [-0.4, -0.2) is 38.4 Å². The van der Waals surface area contributed by atoms with E-state index in [9.17, 15) is 14.4 Å². The van der Waals surface area contributed by atoms with Gasteiger partial charge in [0, 0.05) is 48.6 Å². The fourth-order valence-electron chi connectivity index (χ4n) is 5.08. The van der Waals surface area contributed by atoms with Crippen molar-refractivity contribution in [1.29, 1.82) is 0 Å². The van der Waals surface area contributed by atoms with Crippen molar-refractivity contribution in [2.45, 2.75) is 0 Å². The number of aryl methyl sites for hydroxylation is 2. The maximum atomic E-state index is 12.8. The number of benzene rings is 3. The number of fused-ring (bicyclic) bond motifs is 2. The number of pyridine rings is 1. The molecule has 0 saturated carbocycles. The molecule has 0 aliphatic carbocycles. The smallest absolute Gasteiger partial charge is 0.272 e. The highest BCUT2D eigenvalue weighted by Gasteiger charge is 2.17. The molecule has 3 aromatic carbocycles. The Labute approximate surface area is 252 Å². The highest BCUT2D eigenvalue weighted by molar-refractivity contribution is 6.09. The molecular formula is C33H30N8O3.